The van der Waals surface area contributed by atoms with Crippen molar-refractivity contribution in [2.75, 3.05) is 18.4 Å². The highest BCUT2D eigenvalue weighted by Gasteiger charge is 2.35. The molecule has 0 saturated carbocycles. The van der Waals surface area contributed by atoms with Crippen molar-refractivity contribution >= 4 is 34.7 Å². The van der Waals surface area contributed by atoms with Gasteiger partial charge in [0.05, 0.1) is 16.8 Å². The van der Waals surface area contributed by atoms with Crippen LogP contribution in [0.25, 0.3) is 5.57 Å². The van der Waals surface area contributed by atoms with Crippen LogP contribution in [0.3, 0.4) is 0 Å². The summed E-state index contributed by atoms with van der Waals surface area (Å²) in [5.74, 6) is -1.29. The molecule has 2 amide bonds. The second-order valence-corrected chi connectivity index (χ2v) is 7.39. The van der Waals surface area contributed by atoms with E-state index in [9.17, 15) is 22.8 Å². The van der Waals surface area contributed by atoms with E-state index in [1.165, 1.54) is 42.5 Å². The van der Waals surface area contributed by atoms with Crippen LogP contribution in [0, 0.1) is 0 Å². The second-order valence-electron chi connectivity index (χ2n) is 6.95. The van der Waals surface area contributed by atoms with E-state index in [4.69, 9.17) is 11.6 Å². The van der Waals surface area contributed by atoms with Crippen LogP contribution in [0.15, 0.2) is 54.6 Å². The van der Waals surface area contributed by atoms with Crippen molar-refractivity contribution in [3.63, 3.8) is 0 Å². The molecule has 0 aromatic heterocycles. The van der Waals surface area contributed by atoms with Crippen molar-refractivity contribution in [3.05, 3.63) is 70.8 Å². The molecule has 2 aromatic rings. The SMILES string of the molecule is O=C(/C=C(/c1ccccc1)C(F)(F)F)Nc1cc(Cl)ccc1C(=O)N1CCCCC1. The van der Waals surface area contributed by atoms with Crippen LogP contribution in [-0.4, -0.2) is 36.0 Å². The van der Waals surface area contributed by atoms with Gasteiger partial charge in [-0.1, -0.05) is 41.9 Å². The first kappa shape index (κ1) is 21.9. The fraction of sp³-hybridized carbons (Fsp3) is 0.273. The summed E-state index contributed by atoms with van der Waals surface area (Å²) in [5.41, 5.74) is -0.937. The minimum absolute atomic E-state index is 0.0777. The van der Waals surface area contributed by atoms with Crippen molar-refractivity contribution < 1.29 is 22.8 Å². The molecule has 1 aliphatic rings. The van der Waals surface area contributed by atoms with E-state index in [2.05, 4.69) is 5.32 Å². The molecule has 1 N–H and O–H groups in total. The molecule has 0 aliphatic carbocycles. The number of piperidine rings is 1. The van der Waals surface area contributed by atoms with Crippen molar-refractivity contribution in [2.45, 2.75) is 25.4 Å². The van der Waals surface area contributed by atoms with Gasteiger partial charge in [0, 0.05) is 24.2 Å². The number of hydrogen-bond acceptors (Lipinski definition) is 2. The van der Waals surface area contributed by atoms with E-state index >= 15 is 0 Å². The molecule has 0 spiro atoms. The zero-order valence-corrected chi connectivity index (χ0v) is 16.8. The van der Waals surface area contributed by atoms with Crippen LogP contribution in [0.5, 0.6) is 0 Å². The molecule has 3 rings (SSSR count). The Bertz CT molecular complexity index is 953. The molecular formula is C22H20ClF3N2O2. The number of rotatable bonds is 4. The monoisotopic (exact) mass is 436 g/mol. The van der Waals surface area contributed by atoms with Gasteiger partial charge < -0.3 is 10.2 Å². The molecule has 1 heterocycles. The topological polar surface area (TPSA) is 49.4 Å². The predicted molar refractivity (Wildman–Crippen MR) is 110 cm³/mol. The van der Waals surface area contributed by atoms with Gasteiger partial charge in [-0.3, -0.25) is 9.59 Å². The van der Waals surface area contributed by atoms with Crippen LogP contribution in [0.4, 0.5) is 18.9 Å². The lowest BCUT2D eigenvalue weighted by atomic mass is 10.0. The molecule has 0 bridgehead atoms. The van der Waals surface area contributed by atoms with Crippen LogP contribution >= 0.6 is 11.6 Å². The Hall–Kier alpha value is -2.80. The maximum absolute atomic E-state index is 13.5. The molecular weight excluding hydrogens is 417 g/mol. The van der Waals surface area contributed by atoms with Crippen LogP contribution in [0.2, 0.25) is 5.02 Å². The Balaban J connectivity index is 1.89. The number of nitrogens with one attached hydrogen (secondary N) is 1. The summed E-state index contributed by atoms with van der Waals surface area (Å²) in [6.45, 7) is 1.20. The molecule has 4 nitrogen and oxygen atoms in total. The number of likely N-dealkylation sites (tertiary alicyclic amines) is 1. The van der Waals surface area contributed by atoms with E-state index in [0.29, 0.717) is 19.2 Å². The van der Waals surface area contributed by atoms with E-state index in [-0.39, 0.29) is 27.7 Å². The van der Waals surface area contributed by atoms with Crippen molar-refractivity contribution in [1.82, 2.24) is 4.90 Å². The Labute approximate surface area is 177 Å². The third kappa shape index (κ3) is 5.42. The minimum atomic E-state index is -4.72. The lowest BCUT2D eigenvalue weighted by Crippen LogP contribution is -2.36. The Morgan fingerprint density at radius 1 is 1.00 bits per heavy atom. The number of alkyl halides is 3. The van der Waals surface area contributed by atoms with Crippen molar-refractivity contribution in [1.29, 1.82) is 0 Å². The van der Waals surface area contributed by atoms with Crippen molar-refractivity contribution in [2.24, 2.45) is 0 Å². The minimum Gasteiger partial charge on any atom is -0.339 e. The third-order valence-electron chi connectivity index (χ3n) is 4.78. The van der Waals surface area contributed by atoms with Crippen LogP contribution in [0.1, 0.15) is 35.2 Å². The van der Waals surface area contributed by atoms with Gasteiger partial charge in [0.25, 0.3) is 5.91 Å². The molecule has 158 valence electrons. The van der Waals surface area contributed by atoms with E-state index in [1.807, 2.05) is 0 Å². The van der Waals surface area contributed by atoms with Gasteiger partial charge in [0.2, 0.25) is 5.91 Å². The summed E-state index contributed by atoms with van der Waals surface area (Å²) in [7, 11) is 0. The molecule has 2 aromatic carbocycles. The molecule has 1 saturated heterocycles. The number of benzene rings is 2. The second kappa shape index (κ2) is 9.34. The summed E-state index contributed by atoms with van der Waals surface area (Å²) in [6.07, 6.45) is -1.42. The molecule has 0 unspecified atom stereocenters. The lowest BCUT2D eigenvalue weighted by Gasteiger charge is -2.27. The molecule has 1 fully saturated rings. The highest BCUT2D eigenvalue weighted by atomic mass is 35.5. The third-order valence-corrected chi connectivity index (χ3v) is 5.01. The number of halogens is 4. The lowest BCUT2D eigenvalue weighted by molar-refractivity contribution is -0.112. The first-order valence-corrected chi connectivity index (χ1v) is 9.87. The molecule has 0 atom stereocenters. The maximum atomic E-state index is 13.5. The summed E-state index contributed by atoms with van der Waals surface area (Å²) in [4.78, 5) is 27.0. The van der Waals surface area contributed by atoms with Gasteiger partial charge in [-0.05, 0) is 43.0 Å². The summed E-state index contributed by atoms with van der Waals surface area (Å²) in [6, 6.07) is 11.4. The first-order chi connectivity index (χ1) is 14.3. The number of carbonyl (C=O) groups excluding carboxylic acids is 2. The molecule has 0 radical (unpaired) electrons. The van der Waals surface area contributed by atoms with Gasteiger partial charge in [-0.15, -0.1) is 0 Å². The fourth-order valence-electron chi connectivity index (χ4n) is 3.32. The highest BCUT2D eigenvalue weighted by molar-refractivity contribution is 6.31. The molecule has 8 heteroatoms. The van der Waals surface area contributed by atoms with E-state index in [0.717, 1.165) is 19.3 Å². The Morgan fingerprint density at radius 2 is 1.67 bits per heavy atom. The normalized spacial score (nSPS) is 15.1. The number of hydrogen-bond donors (Lipinski definition) is 1. The van der Waals surface area contributed by atoms with Gasteiger partial charge in [0.1, 0.15) is 0 Å². The summed E-state index contributed by atoms with van der Waals surface area (Å²) >= 11 is 5.99. The fourth-order valence-corrected chi connectivity index (χ4v) is 3.49. The molecule has 30 heavy (non-hydrogen) atoms. The summed E-state index contributed by atoms with van der Waals surface area (Å²) in [5, 5.41) is 2.65. The summed E-state index contributed by atoms with van der Waals surface area (Å²) < 4.78 is 40.5. The standard InChI is InChI=1S/C22H20ClF3N2O2/c23-16-9-10-17(21(30)28-11-5-2-6-12-28)19(13-16)27-20(29)14-18(22(24,25)26)15-7-3-1-4-8-15/h1,3-4,7-10,13-14H,2,5-6,11-12H2,(H,27,29)/b18-14-. The van der Waals surface area contributed by atoms with Crippen LogP contribution in [-0.2, 0) is 4.79 Å². The number of nitrogens with zero attached hydrogens (tertiary/aromatic N) is 1. The number of carbonyl (C=O) groups is 2. The Kier molecular flexibility index (Phi) is 6.82. The predicted octanol–water partition coefficient (Wildman–Crippen LogP) is 5.55. The van der Waals surface area contributed by atoms with Crippen LogP contribution < -0.4 is 5.32 Å². The number of allylic oxidation sites excluding steroid dienone is 1. The van der Waals surface area contributed by atoms with E-state index < -0.39 is 17.7 Å². The zero-order valence-electron chi connectivity index (χ0n) is 16.0. The van der Waals surface area contributed by atoms with Crippen molar-refractivity contribution in [3.8, 4) is 0 Å². The van der Waals surface area contributed by atoms with E-state index in [1.54, 1.807) is 11.0 Å². The first-order valence-electron chi connectivity index (χ1n) is 9.50. The van der Waals surface area contributed by atoms with Gasteiger partial charge in [0.15, 0.2) is 0 Å². The average molecular weight is 437 g/mol. The molecule has 1 aliphatic heterocycles. The van der Waals surface area contributed by atoms with Gasteiger partial charge in [-0.25, -0.2) is 0 Å². The highest BCUT2D eigenvalue weighted by Crippen LogP contribution is 2.34. The maximum Gasteiger partial charge on any atom is 0.417 e. The average Bonchev–Trinajstić information content (AvgIpc) is 2.72. The largest absolute Gasteiger partial charge is 0.417 e. The van der Waals surface area contributed by atoms with Gasteiger partial charge in [-0.2, -0.15) is 13.2 Å². The number of anilines is 1. The Morgan fingerprint density at radius 3 is 2.30 bits per heavy atom. The number of amides is 2. The zero-order chi connectivity index (χ0) is 21.7. The smallest absolute Gasteiger partial charge is 0.339 e. The van der Waals surface area contributed by atoms with Gasteiger partial charge >= 0.3 is 6.18 Å². The quantitative estimate of drug-likeness (QED) is 0.639.